The number of nitrogens with zero attached hydrogens (tertiary/aromatic N) is 5. The Morgan fingerprint density at radius 2 is 1.07 bits per heavy atom. The summed E-state index contributed by atoms with van der Waals surface area (Å²) in [5, 5.41) is 12.6. The molecule has 0 saturated heterocycles. The van der Waals surface area contributed by atoms with Crippen LogP contribution in [0.5, 0.6) is 23.0 Å². The molecule has 0 unspecified atom stereocenters. The van der Waals surface area contributed by atoms with Crippen LogP contribution in [0.2, 0.25) is 0 Å². The summed E-state index contributed by atoms with van der Waals surface area (Å²) < 4.78 is 18.1. The predicted molar refractivity (Wildman–Crippen MR) is 165 cm³/mol. The largest absolute Gasteiger partial charge is 0.451 e. The van der Waals surface area contributed by atoms with Gasteiger partial charge in [-0.05, 0) is 54.5 Å². The molecule has 0 fully saturated rings. The van der Waals surface area contributed by atoms with E-state index in [0.29, 0.717) is 0 Å². The standard InChI is InChI=1S/C34H20BN5O2/c1-17-19-9-7-11-21-28(19)39(36-17)30-27-31(40-29-20(18(2)37-40)10-8-12-22(29)35(21)27)34-32-33(30)41-25-15-5-3-13-23(25)38(32)24-14-4-6-16-26(24)42-34/h3-16H,1-2H3. The van der Waals surface area contributed by atoms with E-state index < -0.39 is 0 Å². The monoisotopic (exact) mass is 541 g/mol. The number of ether oxygens (including phenoxy) is 2. The van der Waals surface area contributed by atoms with Crippen LogP contribution in [-0.2, 0) is 0 Å². The average molecular weight is 541 g/mol. The Morgan fingerprint density at radius 3 is 1.60 bits per heavy atom. The van der Waals surface area contributed by atoms with Crippen molar-refractivity contribution in [3.05, 3.63) is 96.3 Å². The van der Waals surface area contributed by atoms with Crippen molar-refractivity contribution in [3.8, 4) is 34.4 Å². The van der Waals surface area contributed by atoms with Gasteiger partial charge in [0.1, 0.15) is 17.1 Å². The lowest BCUT2D eigenvalue weighted by atomic mass is 9.34. The zero-order valence-corrected chi connectivity index (χ0v) is 22.7. The number of fused-ring (bicyclic) bond motifs is 10. The summed E-state index contributed by atoms with van der Waals surface area (Å²) in [5.74, 6) is 3.10. The van der Waals surface area contributed by atoms with Crippen LogP contribution >= 0.6 is 0 Å². The van der Waals surface area contributed by atoms with Crippen LogP contribution in [0.3, 0.4) is 0 Å². The smallest absolute Gasteiger partial charge is 0.252 e. The number of rotatable bonds is 0. The summed E-state index contributed by atoms with van der Waals surface area (Å²) in [7, 11) is 0. The van der Waals surface area contributed by atoms with Crippen LogP contribution in [0, 0.1) is 13.8 Å². The van der Waals surface area contributed by atoms with E-state index in [-0.39, 0.29) is 6.71 Å². The van der Waals surface area contributed by atoms with Crippen molar-refractivity contribution in [2.24, 2.45) is 0 Å². The van der Waals surface area contributed by atoms with Crippen LogP contribution in [0.25, 0.3) is 33.2 Å². The molecule has 7 aromatic rings. The van der Waals surface area contributed by atoms with Crippen molar-refractivity contribution in [3.63, 3.8) is 0 Å². The highest BCUT2D eigenvalue weighted by atomic mass is 16.5. The zero-order valence-electron chi connectivity index (χ0n) is 22.7. The second-order valence-corrected chi connectivity index (χ2v) is 11.5. The third-order valence-electron chi connectivity index (χ3n) is 9.40. The fraction of sp³-hybridized carbons (Fsp3) is 0.0588. The van der Waals surface area contributed by atoms with Crippen molar-refractivity contribution < 1.29 is 9.47 Å². The van der Waals surface area contributed by atoms with Gasteiger partial charge in [-0.2, -0.15) is 10.2 Å². The molecule has 0 aliphatic carbocycles. The van der Waals surface area contributed by atoms with Crippen LogP contribution in [-0.4, -0.2) is 26.3 Å². The van der Waals surface area contributed by atoms with Gasteiger partial charge in [0.15, 0.2) is 23.0 Å². The third-order valence-corrected chi connectivity index (χ3v) is 9.40. The fourth-order valence-corrected chi connectivity index (χ4v) is 7.78. The maximum Gasteiger partial charge on any atom is 0.252 e. The first-order valence-electron chi connectivity index (χ1n) is 14.2. The number of benzene rings is 5. The van der Waals surface area contributed by atoms with Crippen molar-refractivity contribution in [2.45, 2.75) is 13.8 Å². The topological polar surface area (TPSA) is 57.3 Å². The molecule has 4 aliphatic rings. The normalized spacial score (nSPS) is 14.2. The van der Waals surface area contributed by atoms with E-state index in [9.17, 15) is 0 Å². The minimum absolute atomic E-state index is 0.0360. The number of hydrogen-bond acceptors (Lipinski definition) is 5. The molecule has 0 N–H and O–H groups in total. The molecule has 42 heavy (non-hydrogen) atoms. The molecule has 5 aromatic carbocycles. The summed E-state index contributed by atoms with van der Waals surface area (Å²) in [4.78, 5) is 2.29. The van der Waals surface area contributed by atoms with Gasteiger partial charge in [-0.15, -0.1) is 0 Å². The highest BCUT2D eigenvalue weighted by molar-refractivity contribution is 7.00. The first-order valence-corrected chi connectivity index (χ1v) is 14.2. The van der Waals surface area contributed by atoms with Crippen LogP contribution < -0.4 is 30.8 Å². The lowest BCUT2D eigenvalue weighted by molar-refractivity contribution is 0.442. The van der Waals surface area contributed by atoms with E-state index in [2.05, 4.69) is 88.8 Å². The molecule has 0 bridgehead atoms. The minimum Gasteiger partial charge on any atom is -0.451 e. The van der Waals surface area contributed by atoms with Crippen LogP contribution in [0.4, 0.5) is 17.1 Å². The molecule has 0 radical (unpaired) electrons. The first-order chi connectivity index (χ1) is 20.7. The second kappa shape index (κ2) is 6.86. The van der Waals surface area contributed by atoms with Crippen LogP contribution in [0.15, 0.2) is 84.9 Å². The Hall–Kier alpha value is -5.50. The zero-order chi connectivity index (χ0) is 27.4. The summed E-state index contributed by atoms with van der Waals surface area (Å²) in [5.41, 5.74) is 12.5. The van der Waals surface area contributed by atoms with E-state index in [4.69, 9.17) is 19.7 Å². The average Bonchev–Trinajstić information content (AvgIpc) is 3.54. The van der Waals surface area contributed by atoms with Gasteiger partial charge in [0.05, 0.1) is 33.8 Å². The molecule has 6 heterocycles. The number of hydrogen-bond donors (Lipinski definition) is 0. The number of aromatic nitrogens is 4. The predicted octanol–water partition coefficient (Wildman–Crippen LogP) is 5.81. The van der Waals surface area contributed by atoms with Crippen molar-refractivity contribution in [1.29, 1.82) is 0 Å². The van der Waals surface area contributed by atoms with Crippen molar-refractivity contribution >= 4 is 62.0 Å². The minimum atomic E-state index is -0.0360. The highest BCUT2D eigenvalue weighted by Gasteiger charge is 2.48. The summed E-state index contributed by atoms with van der Waals surface area (Å²) >= 11 is 0. The summed E-state index contributed by atoms with van der Waals surface area (Å²) in [6.07, 6.45) is 0. The fourth-order valence-electron chi connectivity index (χ4n) is 7.78. The Balaban J connectivity index is 1.41. The van der Waals surface area contributed by atoms with Gasteiger partial charge >= 0.3 is 0 Å². The number of para-hydroxylation sites is 6. The van der Waals surface area contributed by atoms with Gasteiger partial charge in [-0.1, -0.05) is 60.7 Å². The molecular weight excluding hydrogens is 521 g/mol. The van der Waals surface area contributed by atoms with Crippen LogP contribution in [0.1, 0.15) is 11.4 Å². The second-order valence-electron chi connectivity index (χ2n) is 11.5. The van der Waals surface area contributed by atoms with Crippen molar-refractivity contribution in [2.75, 3.05) is 4.90 Å². The van der Waals surface area contributed by atoms with Gasteiger partial charge in [0, 0.05) is 10.8 Å². The SMILES string of the molecule is Cc1nn2c3c(cccc13)B1c3c-2c2c4c(c3-n3nc(C)c5cccc1c53)Oc1ccccc1N4c1ccccc1O2. The Morgan fingerprint density at radius 1 is 0.571 bits per heavy atom. The van der Waals surface area contributed by atoms with E-state index in [1.54, 1.807) is 0 Å². The number of aryl methyl sites for hydroxylation is 2. The van der Waals surface area contributed by atoms with Gasteiger partial charge in [0.2, 0.25) is 0 Å². The molecule has 196 valence electrons. The molecule has 2 aromatic heterocycles. The van der Waals surface area contributed by atoms with Gasteiger partial charge in [-0.3, -0.25) is 4.90 Å². The van der Waals surface area contributed by atoms with E-state index in [0.717, 1.165) is 90.1 Å². The lowest BCUT2D eigenvalue weighted by Crippen LogP contribution is -2.60. The van der Waals surface area contributed by atoms with E-state index in [1.807, 2.05) is 24.3 Å². The quantitative estimate of drug-likeness (QED) is 0.227. The molecule has 0 amide bonds. The molecule has 0 atom stereocenters. The summed E-state index contributed by atoms with van der Waals surface area (Å²) in [6, 6.07) is 29.6. The Labute approximate surface area is 240 Å². The summed E-state index contributed by atoms with van der Waals surface area (Å²) in [6.45, 7) is 4.14. The maximum absolute atomic E-state index is 6.92. The van der Waals surface area contributed by atoms with E-state index >= 15 is 0 Å². The maximum atomic E-state index is 6.92. The lowest BCUT2D eigenvalue weighted by Gasteiger charge is -2.42. The first kappa shape index (κ1) is 21.3. The van der Waals surface area contributed by atoms with Gasteiger partial charge in [0.25, 0.3) is 6.71 Å². The van der Waals surface area contributed by atoms with E-state index in [1.165, 1.54) is 10.9 Å². The van der Waals surface area contributed by atoms with Gasteiger partial charge in [-0.25, -0.2) is 9.36 Å². The molecule has 4 aliphatic heterocycles. The Kier molecular flexibility index (Phi) is 3.47. The Bertz CT molecular complexity index is 2260. The molecule has 0 spiro atoms. The molecule has 7 nitrogen and oxygen atoms in total. The molecule has 11 rings (SSSR count). The highest BCUT2D eigenvalue weighted by Crippen LogP contribution is 2.62. The van der Waals surface area contributed by atoms with Crippen molar-refractivity contribution in [1.82, 2.24) is 19.6 Å². The molecule has 8 heteroatoms. The molecule has 0 saturated carbocycles. The number of anilines is 3. The third kappa shape index (κ3) is 2.21. The molecular formula is C34H20BN5O2. The van der Waals surface area contributed by atoms with Gasteiger partial charge < -0.3 is 9.47 Å².